The van der Waals surface area contributed by atoms with E-state index < -0.39 is 0 Å². The molecule has 0 saturated carbocycles. The van der Waals surface area contributed by atoms with Gasteiger partial charge in [0.25, 0.3) is 0 Å². The number of anilines is 2. The van der Waals surface area contributed by atoms with Gasteiger partial charge in [0.2, 0.25) is 5.95 Å². The summed E-state index contributed by atoms with van der Waals surface area (Å²) in [6, 6.07) is 0.465. The molecule has 1 fully saturated rings. The van der Waals surface area contributed by atoms with Crippen molar-refractivity contribution >= 4 is 34.0 Å². The molecule has 1 aliphatic heterocycles. The molecular formula is C13H16ClN5S. The molecule has 0 spiro atoms. The first-order valence-corrected chi connectivity index (χ1v) is 7.84. The molecule has 0 bridgehead atoms. The maximum atomic E-state index is 5.82. The van der Waals surface area contributed by atoms with Crippen molar-refractivity contribution in [3.8, 4) is 0 Å². The Bertz CT molecular complexity index is 536. The fraction of sp³-hybridized carbons (Fsp3) is 0.462. The van der Waals surface area contributed by atoms with Gasteiger partial charge >= 0.3 is 0 Å². The van der Waals surface area contributed by atoms with Crippen LogP contribution in [0, 0.1) is 0 Å². The second-order valence-electron chi connectivity index (χ2n) is 4.85. The minimum absolute atomic E-state index is 0.465. The zero-order valence-corrected chi connectivity index (χ0v) is 12.8. The number of thiazole rings is 1. The first-order chi connectivity index (χ1) is 9.74. The van der Waals surface area contributed by atoms with Crippen molar-refractivity contribution in [1.82, 2.24) is 15.0 Å². The van der Waals surface area contributed by atoms with Crippen LogP contribution in [0.1, 0.15) is 12.8 Å². The summed E-state index contributed by atoms with van der Waals surface area (Å²) in [6.45, 7) is 2.05. The zero-order valence-electron chi connectivity index (χ0n) is 11.2. The lowest BCUT2D eigenvalue weighted by Crippen LogP contribution is -2.44. The molecule has 0 unspecified atom stereocenters. The van der Waals surface area contributed by atoms with Crippen LogP contribution in [0.4, 0.5) is 11.1 Å². The van der Waals surface area contributed by atoms with E-state index in [1.54, 1.807) is 23.7 Å². The molecule has 0 N–H and O–H groups in total. The van der Waals surface area contributed by atoms with Gasteiger partial charge in [-0.05, 0) is 12.8 Å². The third-order valence-electron chi connectivity index (χ3n) is 3.62. The minimum atomic E-state index is 0.465. The Morgan fingerprint density at radius 3 is 2.55 bits per heavy atom. The van der Waals surface area contributed by atoms with Crippen molar-refractivity contribution in [3.05, 3.63) is 29.0 Å². The van der Waals surface area contributed by atoms with Gasteiger partial charge < -0.3 is 9.80 Å². The normalized spacial score (nSPS) is 16.4. The van der Waals surface area contributed by atoms with E-state index in [1.165, 1.54) is 0 Å². The highest BCUT2D eigenvalue weighted by molar-refractivity contribution is 7.13. The summed E-state index contributed by atoms with van der Waals surface area (Å²) in [4.78, 5) is 17.4. The largest absolute Gasteiger partial charge is 0.348 e. The molecule has 106 valence electrons. The molecule has 3 heterocycles. The molecule has 0 aromatic carbocycles. The number of hydrogen-bond donors (Lipinski definition) is 0. The maximum absolute atomic E-state index is 5.82. The topological polar surface area (TPSA) is 45.2 Å². The SMILES string of the molecule is CN(c1ncc(Cl)cn1)C1CCN(c2nccs2)CC1. The molecule has 3 rings (SSSR count). The van der Waals surface area contributed by atoms with Crippen LogP contribution in [-0.4, -0.2) is 41.1 Å². The van der Waals surface area contributed by atoms with E-state index in [4.69, 9.17) is 11.6 Å². The van der Waals surface area contributed by atoms with E-state index in [9.17, 15) is 0 Å². The Morgan fingerprint density at radius 2 is 1.95 bits per heavy atom. The molecule has 1 aliphatic rings. The van der Waals surface area contributed by atoms with Gasteiger partial charge in [0, 0.05) is 37.8 Å². The standard InChI is InChI=1S/C13H16ClN5S/c1-18(12-16-8-10(14)9-17-12)11-2-5-19(6-3-11)13-15-4-7-20-13/h4,7-9,11H,2-3,5-6H2,1H3. The van der Waals surface area contributed by atoms with E-state index in [0.29, 0.717) is 11.1 Å². The summed E-state index contributed by atoms with van der Waals surface area (Å²) in [6.07, 6.45) is 7.32. The lowest BCUT2D eigenvalue weighted by Gasteiger charge is -2.36. The van der Waals surface area contributed by atoms with Gasteiger partial charge in [0.15, 0.2) is 5.13 Å². The highest BCUT2D eigenvalue weighted by Crippen LogP contribution is 2.25. The summed E-state index contributed by atoms with van der Waals surface area (Å²) < 4.78 is 0. The molecule has 0 radical (unpaired) electrons. The maximum Gasteiger partial charge on any atom is 0.225 e. The third kappa shape index (κ3) is 2.86. The van der Waals surface area contributed by atoms with Crippen LogP contribution in [0.15, 0.2) is 24.0 Å². The van der Waals surface area contributed by atoms with Crippen LogP contribution in [0.25, 0.3) is 0 Å². The molecule has 2 aromatic rings. The van der Waals surface area contributed by atoms with Crippen LogP contribution >= 0.6 is 22.9 Å². The highest BCUT2D eigenvalue weighted by Gasteiger charge is 2.24. The lowest BCUT2D eigenvalue weighted by atomic mass is 10.0. The molecule has 7 heteroatoms. The number of piperidine rings is 1. The Balaban J connectivity index is 1.61. The molecular weight excluding hydrogens is 294 g/mol. The number of hydrogen-bond acceptors (Lipinski definition) is 6. The van der Waals surface area contributed by atoms with Crippen LogP contribution in [-0.2, 0) is 0 Å². The molecule has 2 aromatic heterocycles. The first kappa shape index (κ1) is 13.6. The van der Waals surface area contributed by atoms with Crippen LogP contribution in [0.5, 0.6) is 0 Å². The average molecular weight is 310 g/mol. The molecule has 0 atom stereocenters. The molecule has 1 saturated heterocycles. The zero-order chi connectivity index (χ0) is 13.9. The number of halogens is 1. The van der Waals surface area contributed by atoms with E-state index >= 15 is 0 Å². The summed E-state index contributed by atoms with van der Waals surface area (Å²) in [5, 5.41) is 3.71. The van der Waals surface area contributed by atoms with Crippen molar-refractivity contribution in [3.63, 3.8) is 0 Å². The summed E-state index contributed by atoms with van der Waals surface area (Å²) in [5.41, 5.74) is 0. The van der Waals surface area contributed by atoms with Gasteiger partial charge in [-0.15, -0.1) is 11.3 Å². The van der Waals surface area contributed by atoms with Crippen molar-refractivity contribution in [2.45, 2.75) is 18.9 Å². The average Bonchev–Trinajstić information content (AvgIpc) is 3.02. The fourth-order valence-corrected chi connectivity index (χ4v) is 3.26. The molecule has 0 amide bonds. The Kier molecular flexibility index (Phi) is 4.03. The summed E-state index contributed by atoms with van der Waals surface area (Å²) in [5.74, 6) is 0.738. The van der Waals surface area contributed by atoms with Gasteiger partial charge in [-0.25, -0.2) is 15.0 Å². The van der Waals surface area contributed by atoms with Crippen LogP contribution in [0.2, 0.25) is 5.02 Å². The van der Waals surface area contributed by atoms with Crippen molar-refractivity contribution in [2.24, 2.45) is 0 Å². The Labute approximate surface area is 127 Å². The Morgan fingerprint density at radius 1 is 1.25 bits per heavy atom. The van der Waals surface area contributed by atoms with Gasteiger partial charge in [0.1, 0.15) is 0 Å². The first-order valence-electron chi connectivity index (χ1n) is 6.59. The smallest absolute Gasteiger partial charge is 0.225 e. The monoisotopic (exact) mass is 309 g/mol. The van der Waals surface area contributed by atoms with Crippen molar-refractivity contribution in [1.29, 1.82) is 0 Å². The number of rotatable bonds is 3. The Hall–Kier alpha value is -1.40. The van der Waals surface area contributed by atoms with Gasteiger partial charge in [0.05, 0.1) is 17.4 Å². The van der Waals surface area contributed by atoms with Gasteiger partial charge in [-0.3, -0.25) is 0 Å². The fourth-order valence-electron chi connectivity index (χ4n) is 2.47. The summed E-state index contributed by atoms with van der Waals surface area (Å²) in [7, 11) is 2.05. The number of aromatic nitrogens is 3. The second kappa shape index (κ2) is 5.93. The van der Waals surface area contributed by atoms with Crippen LogP contribution < -0.4 is 9.80 Å². The van der Waals surface area contributed by atoms with E-state index in [1.807, 2.05) is 18.6 Å². The molecule has 5 nitrogen and oxygen atoms in total. The predicted molar refractivity (Wildman–Crippen MR) is 82.8 cm³/mol. The third-order valence-corrected chi connectivity index (χ3v) is 4.65. The quantitative estimate of drug-likeness (QED) is 0.872. The van der Waals surface area contributed by atoms with Crippen molar-refractivity contribution in [2.75, 3.05) is 29.9 Å². The second-order valence-corrected chi connectivity index (χ2v) is 6.15. The molecule has 20 heavy (non-hydrogen) atoms. The predicted octanol–water partition coefficient (Wildman–Crippen LogP) is 2.69. The lowest BCUT2D eigenvalue weighted by molar-refractivity contribution is 0.477. The molecule has 0 aliphatic carbocycles. The number of nitrogens with zero attached hydrogens (tertiary/aromatic N) is 5. The van der Waals surface area contributed by atoms with Crippen LogP contribution in [0.3, 0.4) is 0 Å². The van der Waals surface area contributed by atoms with Crippen molar-refractivity contribution < 1.29 is 0 Å². The van der Waals surface area contributed by atoms with Gasteiger partial charge in [-0.2, -0.15) is 0 Å². The highest BCUT2D eigenvalue weighted by atomic mass is 35.5. The van der Waals surface area contributed by atoms with Gasteiger partial charge in [-0.1, -0.05) is 11.6 Å². The van der Waals surface area contributed by atoms with E-state index in [0.717, 1.165) is 37.0 Å². The summed E-state index contributed by atoms with van der Waals surface area (Å²) >= 11 is 7.52. The van der Waals surface area contributed by atoms with E-state index in [2.05, 4.69) is 24.8 Å². The minimum Gasteiger partial charge on any atom is -0.348 e. The van der Waals surface area contributed by atoms with E-state index in [-0.39, 0.29) is 0 Å².